The minimum atomic E-state index is 0.0536. The number of rotatable bonds is 0. The summed E-state index contributed by atoms with van der Waals surface area (Å²) < 4.78 is 0. The molecule has 0 aliphatic heterocycles. The van der Waals surface area contributed by atoms with Crippen LogP contribution in [0.15, 0.2) is 11.6 Å². The zero-order valence-corrected chi connectivity index (χ0v) is 7.55. The summed E-state index contributed by atoms with van der Waals surface area (Å²) in [5, 5.41) is 8.44. The highest BCUT2D eigenvalue weighted by Crippen LogP contribution is 2.36. The molecule has 0 saturated heterocycles. The van der Waals surface area contributed by atoms with Crippen LogP contribution in [-0.4, -0.2) is 5.78 Å². The van der Waals surface area contributed by atoms with Crippen molar-refractivity contribution in [2.45, 2.75) is 33.1 Å². The summed E-state index contributed by atoms with van der Waals surface area (Å²) >= 11 is 0. The topological polar surface area (TPSA) is 40.9 Å². The third-order valence-corrected chi connectivity index (χ3v) is 2.07. The molecule has 0 aromatic heterocycles. The minimum absolute atomic E-state index is 0.0536. The first-order valence-electron chi connectivity index (χ1n) is 4.13. The summed E-state index contributed by atoms with van der Waals surface area (Å²) in [6, 6.07) is 1.98. The van der Waals surface area contributed by atoms with Gasteiger partial charge in [-0.3, -0.25) is 4.79 Å². The van der Waals surface area contributed by atoms with Crippen molar-refractivity contribution in [2.75, 3.05) is 0 Å². The van der Waals surface area contributed by atoms with Crippen molar-refractivity contribution in [1.82, 2.24) is 0 Å². The third-order valence-electron chi connectivity index (χ3n) is 2.07. The van der Waals surface area contributed by atoms with Crippen LogP contribution in [0, 0.1) is 16.7 Å². The second-order valence-corrected chi connectivity index (χ2v) is 4.16. The van der Waals surface area contributed by atoms with Gasteiger partial charge in [0.05, 0.1) is 6.07 Å². The number of nitriles is 1. The molecule has 12 heavy (non-hydrogen) atoms. The second-order valence-electron chi connectivity index (χ2n) is 4.16. The SMILES string of the molecule is CC1(C)CC(=O)CC(=CC#N)C1. The van der Waals surface area contributed by atoms with E-state index in [0.29, 0.717) is 12.8 Å². The Kier molecular flexibility index (Phi) is 2.32. The van der Waals surface area contributed by atoms with Crippen LogP contribution in [0.2, 0.25) is 0 Å². The molecule has 0 N–H and O–H groups in total. The fraction of sp³-hybridized carbons (Fsp3) is 0.600. The van der Waals surface area contributed by atoms with Crippen LogP contribution in [0.3, 0.4) is 0 Å². The van der Waals surface area contributed by atoms with Crippen molar-refractivity contribution < 1.29 is 4.79 Å². The molecule has 2 nitrogen and oxygen atoms in total. The van der Waals surface area contributed by atoms with Gasteiger partial charge in [-0.1, -0.05) is 19.4 Å². The zero-order valence-electron chi connectivity index (χ0n) is 7.55. The van der Waals surface area contributed by atoms with Gasteiger partial charge in [0.15, 0.2) is 0 Å². The zero-order chi connectivity index (χ0) is 9.19. The Morgan fingerprint density at radius 1 is 1.50 bits per heavy atom. The predicted molar refractivity (Wildman–Crippen MR) is 46.3 cm³/mol. The first kappa shape index (κ1) is 8.99. The lowest BCUT2D eigenvalue weighted by Gasteiger charge is -2.29. The second kappa shape index (κ2) is 3.10. The van der Waals surface area contributed by atoms with Crippen LogP contribution < -0.4 is 0 Å². The van der Waals surface area contributed by atoms with Crippen molar-refractivity contribution in [1.29, 1.82) is 5.26 Å². The molecule has 64 valence electrons. The highest BCUT2D eigenvalue weighted by Gasteiger charge is 2.28. The van der Waals surface area contributed by atoms with Gasteiger partial charge >= 0.3 is 0 Å². The minimum Gasteiger partial charge on any atom is -0.299 e. The monoisotopic (exact) mass is 163 g/mol. The van der Waals surface area contributed by atoms with Gasteiger partial charge < -0.3 is 0 Å². The summed E-state index contributed by atoms with van der Waals surface area (Å²) in [6.45, 7) is 4.13. The van der Waals surface area contributed by atoms with Crippen LogP contribution in [-0.2, 0) is 4.79 Å². The van der Waals surface area contributed by atoms with Crippen molar-refractivity contribution in [3.05, 3.63) is 11.6 Å². The van der Waals surface area contributed by atoms with Crippen molar-refractivity contribution in [3.63, 3.8) is 0 Å². The molecule has 0 heterocycles. The Bertz CT molecular complexity index is 268. The maximum Gasteiger partial charge on any atom is 0.137 e. The van der Waals surface area contributed by atoms with Gasteiger partial charge in [-0.25, -0.2) is 0 Å². The first-order chi connectivity index (χ1) is 5.53. The molecule has 1 rings (SSSR count). The summed E-state index contributed by atoms with van der Waals surface area (Å²) in [4.78, 5) is 11.2. The Hall–Kier alpha value is -1.10. The standard InChI is InChI=1S/C10H13NO/c1-10(2)6-8(3-4-11)5-9(12)7-10/h3H,5-7H2,1-2H3. The predicted octanol–water partition coefficient (Wildman–Crippen LogP) is 2.22. The average molecular weight is 163 g/mol. The molecule has 1 saturated carbocycles. The molecule has 0 amide bonds. The summed E-state index contributed by atoms with van der Waals surface area (Å²) in [5.74, 6) is 0.257. The quantitative estimate of drug-likeness (QED) is 0.514. The van der Waals surface area contributed by atoms with E-state index in [4.69, 9.17) is 5.26 Å². The van der Waals surface area contributed by atoms with Crippen LogP contribution in [0.5, 0.6) is 0 Å². The number of nitrogens with zero attached hydrogens (tertiary/aromatic N) is 1. The van der Waals surface area contributed by atoms with Crippen LogP contribution >= 0.6 is 0 Å². The van der Waals surface area contributed by atoms with E-state index in [1.807, 2.05) is 6.07 Å². The third kappa shape index (κ3) is 2.20. The van der Waals surface area contributed by atoms with Crippen LogP contribution in [0.1, 0.15) is 33.1 Å². The van der Waals surface area contributed by atoms with E-state index in [0.717, 1.165) is 12.0 Å². The normalized spacial score (nSPS) is 25.4. The number of allylic oxidation sites excluding steroid dienone is 2. The number of carbonyl (C=O) groups excluding carboxylic acids is 1. The largest absolute Gasteiger partial charge is 0.299 e. The Balaban J connectivity index is 2.79. The number of hydrogen-bond donors (Lipinski definition) is 0. The van der Waals surface area contributed by atoms with Crippen molar-refractivity contribution >= 4 is 5.78 Å². The number of hydrogen-bond acceptors (Lipinski definition) is 2. The molecule has 0 radical (unpaired) electrons. The highest BCUT2D eigenvalue weighted by atomic mass is 16.1. The maximum atomic E-state index is 11.2. The molecule has 0 spiro atoms. The molecule has 0 atom stereocenters. The number of Topliss-reactive ketones (excluding diaryl/α,β-unsaturated/α-hetero) is 1. The van der Waals surface area contributed by atoms with E-state index in [-0.39, 0.29) is 11.2 Å². The van der Waals surface area contributed by atoms with Gasteiger partial charge in [-0.15, -0.1) is 0 Å². The van der Waals surface area contributed by atoms with E-state index in [1.165, 1.54) is 6.08 Å². The van der Waals surface area contributed by atoms with Gasteiger partial charge in [0.25, 0.3) is 0 Å². The molecule has 0 aromatic rings. The smallest absolute Gasteiger partial charge is 0.137 e. The fourth-order valence-electron chi connectivity index (χ4n) is 1.78. The first-order valence-corrected chi connectivity index (χ1v) is 4.13. The highest BCUT2D eigenvalue weighted by molar-refractivity contribution is 5.82. The Morgan fingerprint density at radius 3 is 2.67 bits per heavy atom. The molecule has 1 fully saturated rings. The van der Waals surface area contributed by atoms with Gasteiger partial charge in [-0.05, 0) is 11.8 Å². The molecule has 0 bridgehead atoms. The van der Waals surface area contributed by atoms with Crippen molar-refractivity contribution in [3.8, 4) is 6.07 Å². The van der Waals surface area contributed by atoms with Gasteiger partial charge in [0.2, 0.25) is 0 Å². The molecule has 0 aromatic carbocycles. The molecule has 1 aliphatic carbocycles. The maximum absolute atomic E-state index is 11.2. The lowest BCUT2D eigenvalue weighted by molar-refractivity contribution is -0.121. The molecular formula is C10H13NO. The van der Waals surface area contributed by atoms with E-state index < -0.39 is 0 Å². The summed E-state index contributed by atoms with van der Waals surface area (Å²) in [6.07, 6.45) is 3.53. The molecule has 1 aliphatic rings. The van der Waals surface area contributed by atoms with E-state index in [2.05, 4.69) is 13.8 Å². The molecule has 2 heteroatoms. The van der Waals surface area contributed by atoms with E-state index >= 15 is 0 Å². The summed E-state index contributed by atoms with van der Waals surface area (Å²) in [5.41, 5.74) is 1.04. The Labute approximate surface area is 72.9 Å². The van der Waals surface area contributed by atoms with E-state index in [9.17, 15) is 4.79 Å². The van der Waals surface area contributed by atoms with Gasteiger partial charge in [-0.2, -0.15) is 5.26 Å². The molecular weight excluding hydrogens is 150 g/mol. The fourth-order valence-corrected chi connectivity index (χ4v) is 1.78. The summed E-state index contributed by atoms with van der Waals surface area (Å²) in [7, 11) is 0. The lowest BCUT2D eigenvalue weighted by Crippen LogP contribution is -2.23. The average Bonchev–Trinajstić information content (AvgIpc) is 1.82. The van der Waals surface area contributed by atoms with E-state index in [1.54, 1.807) is 0 Å². The molecule has 0 unspecified atom stereocenters. The number of ketones is 1. The lowest BCUT2D eigenvalue weighted by atomic mass is 9.74. The Morgan fingerprint density at radius 2 is 2.17 bits per heavy atom. The van der Waals surface area contributed by atoms with Gasteiger partial charge in [0, 0.05) is 18.9 Å². The number of carbonyl (C=O) groups is 1. The van der Waals surface area contributed by atoms with Crippen molar-refractivity contribution in [2.24, 2.45) is 5.41 Å². The van der Waals surface area contributed by atoms with Crippen LogP contribution in [0.25, 0.3) is 0 Å². The van der Waals surface area contributed by atoms with Gasteiger partial charge in [0.1, 0.15) is 5.78 Å². The van der Waals surface area contributed by atoms with Crippen LogP contribution in [0.4, 0.5) is 0 Å².